The van der Waals surface area contributed by atoms with Gasteiger partial charge in [-0.2, -0.15) is 4.39 Å². The van der Waals surface area contributed by atoms with Crippen LogP contribution in [0, 0.1) is 15.9 Å². The predicted molar refractivity (Wildman–Crippen MR) is 58.3 cm³/mol. The van der Waals surface area contributed by atoms with Gasteiger partial charge in [-0.1, -0.05) is 11.6 Å². The Morgan fingerprint density at radius 1 is 1.56 bits per heavy atom. The number of aliphatic carboxylic acids is 1. The number of hydrogen-bond acceptors (Lipinski definition) is 4. The monoisotopic (exact) mass is 275 g/mol. The highest BCUT2D eigenvalue weighted by Crippen LogP contribution is 2.43. The van der Waals surface area contributed by atoms with Crippen LogP contribution in [-0.2, 0) is 4.79 Å². The molecule has 1 fully saturated rings. The molecule has 0 heterocycles. The second-order valence-corrected chi connectivity index (χ2v) is 4.30. The average Bonchev–Trinajstić information content (AvgIpc) is 3.02. The van der Waals surface area contributed by atoms with E-state index in [2.05, 4.69) is 0 Å². The number of benzene rings is 1. The van der Waals surface area contributed by atoms with Crippen molar-refractivity contribution in [2.75, 3.05) is 0 Å². The number of rotatable bonds is 4. The van der Waals surface area contributed by atoms with Crippen molar-refractivity contribution < 1.29 is 24.0 Å². The van der Waals surface area contributed by atoms with E-state index in [4.69, 9.17) is 21.4 Å². The molecule has 0 spiro atoms. The van der Waals surface area contributed by atoms with Gasteiger partial charge in [0.1, 0.15) is 5.75 Å². The normalized spacial score (nSPS) is 16.1. The molecule has 8 heteroatoms. The quantitative estimate of drug-likeness (QED) is 0.673. The molecular formula is C10H7ClFNO5. The fourth-order valence-corrected chi connectivity index (χ4v) is 1.61. The van der Waals surface area contributed by atoms with Crippen molar-refractivity contribution in [2.45, 2.75) is 18.4 Å². The molecule has 0 aliphatic heterocycles. The maximum absolute atomic E-state index is 13.2. The van der Waals surface area contributed by atoms with Gasteiger partial charge in [-0.25, -0.2) is 4.79 Å². The predicted octanol–water partition coefficient (Wildman–Crippen LogP) is 2.38. The Morgan fingerprint density at radius 3 is 2.61 bits per heavy atom. The lowest BCUT2D eigenvalue weighted by atomic mass is 10.2. The molecule has 1 aliphatic carbocycles. The summed E-state index contributed by atoms with van der Waals surface area (Å²) in [6.45, 7) is 0. The summed E-state index contributed by atoms with van der Waals surface area (Å²) >= 11 is 5.66. The summed E-state index contributed by atoms with van der Waals surface area (Å²) < 4.78 is 18.3. The van der Waals surface area contributed by atoms with Crippen LogP contribution in [0.1, 0.15) is 12.8 Å². The average molecular weight is 276 g/mol. The van der Waals surface area contributed by atoms with Crippen LogP contribution in [-0.4, -0.2) is 21.6 Å². The summed E-state index contributed by atoms with van der Waals surface area (Å²) in [6, 6.07) is 1.52. The Morgan fingerprint density at radius 2 is 2.17 bits per heavy atom. The number of ether oxygens (including phenoxy) is 1. The van der Waals surface area contributed by atoms with Crippen LogP contribution in [0.2, 0.25) is 5.02 Å². The second kappa shape index (κ2) is 4.09. The summed E-state index contributed by atoms with van der Waals surface area (Å²) in [7, 11) is 0. The molecular weight excluding hydrogens is 269 g/mol. The number of carboxylic acids is 1. The van der Waals surface area contributed by atoms with Crippen molar-refractivity contribution >= 4 is 23.3 Å². The molecule has 1 aromatic rings. The third kappa shape index (κ3) is 2.08. The number of nitrogens with zero attached hydrogens (tertiary/aromatic N) is 1. The van der Waals surface area contributed by atoms with E-state index in [0.717, 1.165) is 12.1 Å². The zero-order valence-corrected chi connectivity index (χ0v) is 9.61. The first-order valence-corrected chi connectivity index (χ1v) is 5.29. The maximum atomic E-state index is 13.2. The van der Waals surface area contributed by atoms with E-state index in [1.165, 1.54) is 0 Å². The first-order valence-electron chi connectivity index (χ1n) is 4.91. The summed E-state index contributed by atoms with van der Waals surface area (Å²) in [5.41, 5.74) is -2.20. The minimum Gasteiger partial charge on any atom is -0.478 e. The van der Waals surface area contributed by atoms with Gasteiger partial charge >= 0.3 is 11.7 Å². The largest absolute Gasteiger partial charge is 0.478 e. The van der Waals surface area contributed by atoms with Crippen LogP contribution in [0.4, 0.5) is 10.1 Å². The minimum absolute atomic E-state index is 0.203. The molecule has 2 rings (SSSR count). The van der Waals surface area contributed by atoms with Gasteiger partial charge in [-0.05, 0) is 0 Å². The van der Waals surface area contributed by atoms with Crippen molar-refractivity contribution in [3.05, 3.63) is 33.1 Å². The van der Waals surface area contributed by atoms with Crippen molar-refractivity contribution in [3.63, 3.8) is 0 Å². The number of nitro benzene ring substituents is 1. The van der Waals surface area contributed by atoms with Crippen molar-refractivity contribution in [1.29, 1.82) is 0 Å². The van der Waals surface area contributed by atoms with Crippen LogP contribution in [0.3, 0.4) is 0 Å². The number of carbonyl (C=O) groups is 1. The molecule has 1 saturated carbocycles. The molecule has 0 unspecified atom stereocenters. The first kappa shape index (κ1) is 12.6. The zero-order valence-electron chi connectivity index (χ0n) is 8.85. The highest BCUT2D eigenvalue weighted by atomic mass is 35.5. The number of nitro groups is 1. The fourth-order valence-electron chi connectivity index (χ4n) is 1.42. The van der Waals surface area contributed by atoms with Crippen LogP contribution in [0.15, 0.2) is 12.1 Å². The summed E-state index contributed by atoms with van der Waals surface area (Å²) in [5.74, 6) is -2.48. The van der Waals surface area contributed by atoms with E-state index in [9.17, 15) is 19.3 Å². The van der Waals surface area contributed by atoms with Crippen molar-refractivity contribution in [1.82, 2.24) is 0 Å². The van der Waals surface area contributed by atoms with Crippen LogP contribution in [0.5, 0.6) is 5.75 Å². The molecule has 6 nitrogen and oxygen atoms in total. The molecule has 0 aromatic heterocycles. The van der Waals surface area contributed by atoms with E-state index in [-0.39, 0.29) is 23.6 Å². The first-order chi connectivity index (χ1) is 8.35. The van der Waals surface area contributed by atoms with Crippen LogP contribution in [0.25, 0.3) is 0 Å². The highest BCUT2D eigenvalue weighted by molar-refractivity contribution is 6.32. The van der Waals surface area contributed by atoms with Gasteiger partial charge in [-0.15, -0.1) is 0 Å². The lowest BCUT2D eigenvalue weighted by Crippen LogP contribution is -2.29. The lowest BCUT2D eigenvalue weighted by molar-refractivity contribution is -0.387. The molecule has 96 valence electrons. The Labute approximate surface area is 105 Å². The summed E-state index contributed by atoms with van der Waals surface area (Å²) in [5, 5.41) is 19.3. The van der Waals surface area contributed by atoms with Gasteiger partial charge in [0.05, 0.1) is 16.0 Å². The smallest absolute Gasteiger partial charge is 0.348 e. The minimum atomic E-state index is -1.39. The Bertz CT molecular complexity index is 543. The van der Waals surface area contributed by atoms with Gasteiger partial charge < -0.3 is 9.84 Å². The third-order valence-electron chi connectivity index (χ3n) is 2.60. The molecule has 0 radical (unpaired) electrons. The third-order valence-corrected chi connectivity index (χ3v) is 2.89. The molecule has 0 saturated heterocycles. The zero-order chi connectivity index (χ0) is 13.5. The summed E-state index contributed by atoms with van der Waals surface area (Å²) in [6.07, 6.45) is 0.563. The molecule has 1 aliphatic rings. The van der Waals surface area contributed by atoms with E-state index < -0.39 is 28.0 Å². The van der Waals surface area contributed by atoms with Gasteiger partial charge in [0.2, 0.25) is 11.4 Å². The van der Waals surface area contributed by atoms with Gasteiger partial charge in [0.25, 0.3) is 0 Å². The molecule has 0 bridgehead atoms. The Hall–Kier alpha value is -1.89. The molecule has 0 amide bonds. The lowest BCUT2D eigenvalue weighted by Gasteiger charge is -2.14. The molecule has 0 atom stereocenters. The Kier molecular flexibility index (Phi) is 2.86. The van der Waals surface area contributed by atoms with Gasteiger partial charge in [-0.3, -0.25) is 10.1 Å². The SMILES string of the molecule is O=C(O)C1(Oc2cc([N+](=O)[O-])c(F)cc2Cl)CC1. The van der Waals surface area contributed by atoms with Crippen LogP contribution < -0.4 is 4.74 Å². The summed E-state index contributed by atoms with van der Waals surface area (Å²) in [4.78, 5) is 20.5. The van der Waals surface area contributed by atoms with E-state index in [0.29, 0.717) is 0 Å². The number of hydrogen-bond donors (Lipinski definition) is 1. The van der Waals surface area contributed by atoms with E-state index >= 15 is 0 Å². The number of halogens is 2. The maximum Gasteiger partial charge on any atom is 0.348 e. The van der Waals surface area contributed by atoms with Gasteiger partial charge in [0.15, 0.2) is 0 Å². The topological polar surface area (TPSA) is 89.7 Å². The van der Waals surface area contributed by atoms with Crippen LogP contribution >= 0.6 is 11.6 Å². The van der Waals surface area contributed by atoms with E-state index in [1.54, 1.807) is 0 Å². The molecule has 1 aromatic carbocycles. The molecule has 18 heavy (non-hydrogen) atoms. The van der Waals surface area contributed by atoms with Crippen molar-refractivity contribution in [2.24, 2.45) is 0 Å². The standard InChI is InChI=1S/C10H7ClFNO5/c11-5-3-6(12)7(13(16)17)4-8(5)18-10(1-2-10)9(14)15/h3-4H,1-2H2,(H,14,15). The molecule has 1 N–H and O–H groups in total. The highest BCUT2D eigenvalue weighted by Gasteiger charge is 2.54. The Balaban J connectivity index is 2.37. The second-order valence-electron chi connectivity index (χ2n) is 3.89. The van der Waals surface area contributed by atoms with Gasteiger partial charge in [0, 0.05) is 18.9 Å². The number of carboxylic acid groups (broad SMARTS) is 1. The van der Waals surface area contributed by atoms with E-state index in [1.807, 2.05) is 0 Å². The fraction of sp³-hybridized carbons (Fsp3) is 0.300. The van der Waals surface area contributed by atoms with Crippen molar-refractivity contribution in [3.8, 4) is 5.75 Å².